The zero-order chi connectivity index (χ0) is 15.4. The van der Waals surface area contributed by atoms with Gasteiger partial charge in [0.05, 0.1) is 10.4 Å². The molecule has 1 atom stereocenters. The third-order valence-electron chi connectivity index (χ3n) is 4.16. The second-order valence-electron chi connectivity index (χ2n) is 5.58. The third kappa shape index (κ3) is 2.18. The standard InChI is InChI=1S/C15H16FNO3S/c1-3-8-4-5-11(18)13-10-6-9(16)7-12(21(2,19)20)15(10)17-14(8)13/h6-8,17H,3-5H2,1-2H3. The minimum atomic E-state index is -3.58. The van der Waals surface area contributed by atoms with Crippen molar-refractivity contribution in [3.8, 4) is 0 Å². The Morgan fingerprint density at radius 2 is 2.10 bits per heavy atom. The first-order chi connectivity index (χ1) is 9.82. The topological polar surface area (TPSA) is 67.0 Å². The molecule has 1 aromatic heterocycles. The highest BCUT2D eigenvalue weighted by atomic mass is 32.2. The molecule has 1 aliphatic carbocycles. The summed E-state index contributed by atoms with van der Waals surface area (Å²) >= 11 is 0. The Hall–Kier alpha value is -1.69. The molecular formula is C15H16FNO3S. The van der Waals surface area contributed by atoms with Gasteiger partial charge in [0, 0.05) is 29.3 Å². The highest BCUT2D eigenvalue weighted by Crippen LogP contribution is 2.39. The monoisotopic (exact) mass is 309 g/mol. The molecule has 6 heteroatoms. The van der Waals surface area contributed by atoms with Crippen molar-refractivity contribution >= 4 is 26.5 Å². The summed E-state index contributed by atoms with van der Waals surface area (Å²) in [6, 6.07) is 2.25. The third-order valence-corrected chi connectivity index (χ3v) is 5.29. The van der Waals surface area contributed by atoms with Crippen LogP contribution in [0.25, 0.3) is 10.9 Å². The van der Waals surface area contributed by atoms with Crippen LogP contribution in [0.1, 0.15) is 48.2 Å². The number of hydrogen-bond donors (Lipinski definition) is 1. The number of carbonyl (C=O) groups is 1. The largest absolute Gasteiger partial charge is 0.356 e. The van der Waals surface area contributed by atoms with Gasteiger partial charge in [0.1, 0.15) is 5.82 Å². The van der Waals surface area contributed by atoms with E-state index in [0.717, 1.165) is 30.9 Å². The van der Waals surface area contributed by atoms with Gasteiger partial charge in [-0.3, -0.25) is 4.79 Å². The molecule has 0 fully saturated rings. The number of fused-ring (bicyclic) bond motifs is 3. The number of aromatic amines is 1. The van der Waals surface area contributed by atoms with Crippen LogP contribution in [0.3, 0.4) is 0 Å². The summed E-state index contributed by atoms with van der Waals surface area (Å²) in [5.41, 5.74) is 1.56. The minimum absolute atomic E-state index is 0.0500. The molecule has 0 spiro atoms. The lowest BCUT2D eigenvalue weighted by atomic mass is 9.84. The lowest BCUT2D eigenvalue weighted by Crippen LogP contribution is -2.14. The Balaban J connectivity index is 2.44. The molecule has 1 heterocycles. The van der Waals surface area contributed by atoms with Gasteiger partial charge in [-0.15, -0.1) is 0 Å². The van der Waals surface area contributed by atoms with Crippen molar-refractivity contribution < 1.29 is 17.6 Å². The number of carbonyl (C=O) groups excluding carboxylic acids is 1. The Morgan fingerprint density at radius 3 is 2.71 bits per heavy atom. The highest BCUT2D eigenvalue weighted by molar-refractivity contribution is 7.91. The Bertz CT molecular complexity index is 851. The van der Waals surface area contributed by atoms with Gasteiger partial charge in [0.25, 0.3) is 0 Å². The summed E-state index contributed by atoms with van der Waals surface area (Å²) < 4.78 is 37.5. The van der Waals surface area contributed by atoms with Gasteiger partial charge in [0.15, 0.2) is 15.6 Å². The van der Waals surface area contributed by atoms with Crippen LogP contribution in [-0.4, -0.2) is 25.4 Å². The van der Waals surface area contributed by atoms with Crippen molar-refractivity contribution in [2.24, 2.45) is 0 Å². The van der Waals surface area contributed by atoms with Crippen molar-refractivity contribution in [3.63, 3.8) is 0 Å². The normalized spacial score (nSPS) is 19.0. The van der Waals surface area contributed by atoms with Gasteiger partial charge in [-0.2, -0.15) is 0 Å². The molecule has 1 aliphatic rings. The summed E-state index contributed by atoms with van der Waals surface area (Å²) in [4.78, 5) is 15.2. The lowest BCUT2D eigenvalue weighted by molar-refractivity contribution is 0.0968. The summed E-state index contributed by atoms with van der Waals surface area (Å²) in [6.45, 7) is 2.02. The number of rotatable bonds is 2. The summed E-state index contributed by atoms with van der Waals surface area (Å²) in [5.74, 6) is -0.511. The summed E-state index contributed by atoms with van der Waals surface area (Å²) in [7, 11) is -3.58. The maximum absolute atomic E-state index is 13.8. The van der Waals surface area contributed by atoms with Gasteiger partial charge in [0.2, 0.25) is 0 Å². The van der Waals surface area contributed by atoms with Crippen LogP contribution < -0.4 is 0 Å². The zero-order valence-corrected chi connectivity index (χ0v) is 12.7. The first-order valence-electron chi connectivity index (χ1n) is 6.91. The predicted molar refractivity (Wildman–Crippen MR) is 78.0 cm³/mol. The van der Waals surface area contributed by atoms with Crippen molar-refractivity contribution in [1.29, 1.82) is 0 Å². The Kier molecular flexibility index (Phi) is 3.16. The molecule has 2 aromatic rings. The average molecular weight is 309 g/mol. The first kappa shape index (κ1) is 14.3. The molecule has 21 heavy (non-hydrogen) atoms. The van der Waals surface area contributed by atoms with Crippen LogP contribution in [0.5, 0.6) is 0 Å². The van der Waals surface area contributed by atoms with Crippen LogP contribution in [-0.2, 0) is 9.84 Å². The van der Waals surface area contributed by atoms with E-state index in [9.17, 15) is 17.6 Å². The van der Waals surface area contributed by atoms with Crippen molar-refractivity contribution in [2.45, 2.75) is 37.0 Å². The van der Waals surface area contributed by atoms with E-state index in [1.54, 1.807) is 0 Å². The number of sulfone groups is 1. The van der Waals surface area contributed by atoms with Crippen LogP contribution in [0, 0.1) is 5.82 Å². The number of halogens is 1. The number of hydrogen-bond acceptors (Lipinski definition) is 3. The van der Waals surface area contributed by atoms with E-state index in [-0.39, 0.29) is 16.6 Å². The molecule has 0 saturated carbocycles. The van der Waals surface area contributed by atoms with Gasteiger partial charge in [-0.05, 0) is 30.9 Å². The molecule has 1 aromatic carbocycles. The molecule has 0 radical (unpaired) electrons. The number of ketones is 1. The van der Waals surface area contributed by atoms with E-state index in [0.29, 0.717) is 22.9 Å². The Morgan fingerprint density at radius 1 is 1.38 bits per heavy atom. The van der Waals surface area contributed by atoms with Crippen LogP contribution in [0.2, 0.25) is 0 Å². The van der Waals surface area contributed by atoms with E-state index in [1.165, 1.54) is 6.07 Å². The molecule has 0 bridgehead atoms. The average Bonchev–Trinajstić information content (AvgIpc) is 2.77. The fourth-order valence-corrected chi connectivity index (χ4v) is 3.99. The molecule has 0 aliphatic heterocycles. The van der Waals surface area contributed by atoms with Crippen LogP contribution >= 0.6 is 0 Å². The minimum Gasteiger partial charge on any atom is -0.356 e. The molecule has 1 unspecified atom stereocenters. The molecular weight excluding hydrogens is 293 g/mol. The summed E-state index contributed by atoms with van der Waals surface area (Å²) in [5, 5.41) is 0.383. The van der Waals surface area contributed by atoms with E-state index >= 15 is 0 Å². The quantitative estimate of drug-likeness (QED) is 0.926. The number of H-pyrrole nitrogens is 1. The van der Waals surface area contributed by atoms with Crippen LogP contribution in [0.4, 0.5) is 4.39 Å². The second-order valence-corrected chi connectivity index (χ2v) is 7.56. The van der Waals surface area contributed by atoms with Gasteiger partial charge >= 0.3 is 0 Å². The number of benzene rings is 1. The maximum Gasteiger partial charge on any atom is 0.177 e. The molecule has 112 valence electrons. The van der Waals surface area contributed by atoms with Gasteiger partial charge < -0.3 is 4.98 Å². The fraction of sp³-hybridized carbons (Fsp3) is 0.400. The van der Waals surface area contributed by atoms with E-state index in [1.807, 2.05) is 6.92 Å². The van der Waals surface area contributed by atoms with Crippen molar-refractivity contribution in [2.75, 3.05) is 6.26 Å². The molecule has 3 rings (SSSR count). The van der Waals surface area contributed by atoms with Crippen molar-refractivity contribution in [3.05, 3.63) is 29.2 Å². The van der Waals surface area contributed by atoms with E-state index in [4.69, 9.17) is 0 Å². The zero-order valence-electron chi connectivity index (χ0n) is 11.9. The number of Topliss-reactive ketones (excluding diaryl/α,β-unsaturated/α-hetero) is 1. The first-order valence-corrected chi connectivity index (χ1v) is 8.80. The molecule has 1 N–H and O–H groups in total. The molecule has 4 nitrogen and oxygen atoms in total. The van der Waals surface area contributed by atoms with E-state index < -0.39 is 15.7 Å². The SMILES string of the molecule is CCC1CCC(=O)c2c1[nH]c1c(S(C)(=O)=O)cc(F)cc21. The fourth-order valence-electron chi connectivity index (χ4n) is 3.13. The Labute approximate surface area is 122 Å². The predicted octanol–water partition coefficient (Wildman–Crippen LogP) is 3.18. The molecule has 0 amide bonds. The number of aromatic nitrogens is 1. The van der Waals surface area contributed by atoms with Crippen molar-refractivity contribution in [1.82, 2.24) is 4.98 Å². The van der Waals surface area contributed by atoms with Gasteiger partial charge in [-0.1, -0.05) is 6.92 Å². The van der Waals surface area contributed by atoms with E-state index in [2.05, 4.69) is 4.98 Å². The number of nitrogens with one attached hydrogen (secondary N) is 1. The highest BCUT2D eigenvalue weighted by Gasteiger charge is 2.30. The van der Waals surface area contributed by atoms with Crippen LogP contribution in [0.15, 0.2) is 17.0 Å². The lowest BCUT2D eigenvalue weighted by Gasteiger charge is -2.20. The molecule has 0 saturated heterocycles. The maximum atomic E-state index is 13.8. The summed E-state index contributed by atoms with van der Waals surface area (Å²) in [6.07, 6.45) is 3.05. The van der Waals surface area contributed by atoms with Gasteiger partial charge in [-0.25, -0.2) is 12.8 Å². The second kappa shape index (κ2) is 4.66. The smallest absolute Gasteiger partial charge is 0.177 e.